The highest BCUT2D eigenvalue weighted by Gasteiger charge is 2.48. The number of aliphatic hydroxyl groups is 1. The Hall–Kier alpha value is -0.450. The zero-order chi connectivity index (χ0) is 13.0. The van der Waals surface area contributed by atoms with Crippen LogP contribution in [0.2, 0.25) is 0 Å². The molecule has 4 nitrogen and oxygen atoms in total. The number of fused-ring (bicyclic) bond motifs is 6. The summed E-state index contributed by atoms with van der Waals surface area (Å²) in [4.78, 5) is 16.9. The van der Waals surface area contributed by atoms with Crippen LogP contribution < -0.4 is 0 Å². The molecule has 4 rings (SSSR count). The van der Waals surface area contributed by atoms with E-state index in [9.17, 15) is 9.90 Å². The number of ketones is 1. The van der Waals surface area contributed by atoms with Gasteiger partial charge in [-0.05, 0) is 31.1 Å². The van der Waals surface area contributed by atoms with Crippen LogP contribution in [0.25, 0.3) is 0 Å². The van der Waals surface area contributed by atoms with Crippen LogP contribution in [0.1, 0.15) is 32.1 Å². The molecule has 19 heavy (non-hydrogen) atoms. The second-order valence-electron chi connectivity index (χ2n) is 7.05. The van der Waals surface area contributed by atoms with Crippen molar-refractivity contribution in [2.24, 2.45) is 11.8 Å². The lowest BCUT2D eigenvalue weighted by Gasteiger charge is -2.57. The third kappa shape index (κ3) is 2.05. The second-order valence-corrected chi connectivity index (χ2v) is 7.05. The molecule has 4 saturated heterocycles. The topological polar surface area (TPSA) is 43.8 Å². The molecular weight excluding hydrogens is 240 g/mol. The maximum absolute atomic E-state index is 11.7. The van der Waals surface area contributed by atoms with Crippen LogP contribution >= 0.6 is 0 Å². The fourth-order valence-corrected chi connectivity index (χ4v) is 5.03. The Morgan fingerprint density at radius 2 is 1.74 bits per heavy atom. The molecule has 2 bridgehead atoms. The molecule has 0 aliphatic carbocycles. The first-order chi connectivity index (χ1) is 9.20. The smallest absolute Gasteiger partial charge is 0.135 e. The van der Waals surface area contributed by atoms with Gasteiger partial charge in [0.25, 0.3) is 0 Å². The predicted molar refractivity (Wildman–Crippen MR) is 71.8 cm³/mol. The number of carbonyl (C=O) groups is 1. The summed E-state index contributed by atoms with van der Waals surface area (Å²) in [7, 11) is 0. The van der Waals surface area contributed by atoms with E-state index in [1.165, 1.54) is 6.42 Å². The Balaban J connectivity index is 1.55. The monoisotopic (exact) mass is 264 g/mol. The molecule has 0 aromatic rings. The molecule has 4 aliphatic heterocycles. The van der Waals surface area contributed by atoms with Crippen LogP contribution in [0, 0.1) is 11.8 Å². The standard InChI is InChI=1S/C15H24N2O2/c18-12-1-3-16-8-10-5-11(14(16)6-12)9-17-4-2-13(19)7-15(10)17/h10-12,14-15,18H,1-9H2. The van der Waals surface area contributed by atoms with E-state index in [4.69, 9.17) is 0 Å². The van der Waals surface area contributed by atoms with Gasteiger partial charge in [0.05, 0.1) is 6.10 Å². The highest BCUT2D eigenvalue weighted by Crippen LogP contribution is 2.42. The summed E-state index contributed by atoms with van der Waals surface area (Å²) in [6, 6.07) is 1.11. The first-order valence-corrected chi connectivity index (χ1v) is 7.88. The summed E-state index contributed by atoms with van der Waals surface area (Å²) in [5.41, 5.74) is 0. The van der Waals surface area contributed by atoms with Gasteiger partial charge in [0, 0.05) is 51.1 Å². The average Bonchev–Trinajstić information content (AvgIpc) is 2.41. The lowest BCUT2D eigenvalue weighted by atomic mass is 9.70. The first kappa shape index (κ1) is 12.3. The maximum Gasteiger partial charge on any atom is 0.135 e. The summed E-state index contributed by atoms with van der Waals surface area (Å²) in [6.45, 7) is 4.34. The quantitative estimate of drug-likeness (QED) is 0.692. The number of nitrogens with zero attached hydrogens (tertiary/aromatic N) is 2. The third-order valence-electron chi connectivity index (χ3n) is 5.95. The molecule has 1 N–H and O–H groups in total. The predicted octanol–water partition coefficient (Wildman–Crippen LogP) is 0.495. The van der Waals surface area contributed by atoms with Crippen molar-refractivity contribution in [2.45, 2.75) is 50.3 Å². The maximum atomic E-state index is 11.7. The number of hydrogen-bond acceptors (Lipinski definition) is 4. The van der Waals surface area contributed by atoms with Gasteiger partial charge >= 0.3 is 0 Å². The summed E-state index contributed by atoms with van der Waals surface area (Å²) in [5.74, 6) is 1.88. The summed E-state index contributed by atoms with van der Waals surface area (Å²) < 4.78 is 0. The molecular formula is C15H24N2O2. The molecule has 0 aromatic heterocycles. The Morgan fingerprint density at radius 3 is 2.58 bits per heavy atom. The Bertz CT molecular complexity index is 386. The molecule has 4 heterocycles. The minimum atomic E-state index is -0.0848. The van der Waals surface area contributed by atoms with Gasteiger partial charge in [-0.3, -0.25) is 14.6 Å². The largest absolute Gasteiger partial charge is 0.393 e. The normalized spacial score (nSPS) is 47.6. The van der Waals surface area contributed by atoms with Gasteiger partial charge in [-0.25, -0.2) is 0 Å². The molecule has 4 heteroatoms. The number of aliphatic hydroxyl groups excluding tert-OH is 1. The minimum absolute atomic E-state index is 0.0848. The fraction of sp³-hybridized carbons (Fsp3) is 0.933. The molecule has 4 aliphatic rings. The van der Waals surface area contributed by atoms with E-state index in [0.717, 1.165) is 57.8 Å². The number of rotatable bonds is 0. The zero-order valence-corrected chi connectivity index (χ0v) is 11.5. The summed E-state index contributed by atoms with van der Waals surface area (Å²) in [6.07, 6.45) is 4.64. The molecule has 0 saturated carbocycles. The van der Waals surface area contributed by atoms with E-state index < -0.39 is 0 Å². The van der Waals surface area contributed by atoms with Gasteiger partial charge in [0.2, 0.25) is 0 Å². The molecule has 0 amide bonds. The van der Waals surface area contributed by atoms with Gasteiger partial charge in [-0.1, -0.05) is 0 Å². The van der Waals surface area contributed by atoms with Crippen molar-refractivity contribution in [3.05, 3.63) is 0 Å². The van der Waals surface area contributed by atoms with Crippen LogP contribution in [-0.4, -0.2) is 65.1 Å². The highest BCUT2D eigenvalue weighted by molar-refractivity contribution is 5.80. The van der Waals surface area contributed by atoms with E-state index in [1.54, 1.807) is 0 Å². The number of hydrogen-bond donors (Lipinski definition) is 1. The van der Waals surface area contributed by atoms with E-state index in [2.05, 4.69) is 9.80 Å². The van der Waals surface area contributed by atoms with Gasteiger partial charge in [0.15, 0.2) is 0 Å². The van der Waals surface area contributed by atoms with Crippen LogP contribution in [-0.2, 0) is 4.79 Å². The van der Waals surface area contributed by atoms with E-state index in [0.29, 0.717) is 23.8 Å². The van der Waals surface area contributed by atoms with Crippen LogP contribution in [0.5, 0.6) is 0 Å². The van der Waals surface area contributed by atoms with E-state index >= 15 is 0 Å². The Kier molecular flexibility index (Phi) is 2.94. The van der Waals surface area contributed by atoms with Gasteiger partial charge < -0.3 is 5.11 Å². The summed E-state index contributed by atoms with van der Waals surface area (Å²) >= 11 is 0. The number of Topliss-reactive ketones (excluding diaryl/α,β-unsaturated/α-hetero) is 1. The molecule has 5 atom stereocenters. The molecule has 5 unspecified atom stereocenters. The third-order valence-corrected chi connectivity index (χ3v) is 5.95. The number of piperidine rings is 4. The number of carbonyl (C=O) groups excluding carboxylic acids is 1. The van der Waals surface area contributed by atoms with Crippen molar-refractivity contribution in [3.63, 3.8) is 0 Å². The van der Waals surface area contributed by atoms with Gasteiger partial charge in [0.1, 0.15) is 5.78 Å². The highest BCUT2D eigenvalue weighted by atomic mass is 16.3. The Labute approximate surface area is 114 Å². The van der Waals surface area contributed by atoms with Crippen molar-refractivity contribution in [2.75, 3.05) is 26.2 Å². The Morgan fingerprint density at radius 1 is 1.00 bits per heavy atom. The molecule has 0 spiro atoms. The van der Waals surface area contributed by atoms with E-state index in [1.807, 2.05) is 0 Å². The van der Waals surface area contributed by atoms with Crippen LogP contribution in [0.3, 0.4) is 0 Å². The second kappa shape index (κ2) is 4.54. The van der Waals surface area contributed by atoms with Crippen molar-refractivity contribution in [1.29, 1.82) is 0 Å². The molecule has 0 radical (unpaired) electrons. The van der Waals surface area contributed by atoms with Crippen molar-refractivity contribution < 1.29 is 9.90 Å². The lowest BCUT2D eigenvalue weighted by molar-refractivity contribution is -0.131. The molecule has 0 aromatic carbocycles. The first-order valence-electron chi connectivity index (χ1n) is 7.88. The SMILES string of the molecule is O=C1CCN2CC3CC(CN4CCC(O)CC34)C2C1. The van der Waals surface area contributed by atoms with Gasteiger partial charge in [-0.2, -0.15) is 0 Å². The van der Waals surface area contributed by atoms with E-state index in [-0.39, 0.29) is 6.10 Å². The van der Waals surface area contributed by atoms with Crippen LogP contribution in [0.15, 0.2) is 0 Å². The molecule has 106 valence electrons. The lowest BCUT2D eigenvalue weighted by Crippen LogP contribution is -2.64. The zero-order valence-electron chi connectivity index (χ0n) is 11.5. The molecule has 4 fully saturated rings. The van der Waals surface area contributed by atoms with Crippen molar-refractivity contribution in [3.8, 4) is 0 Å². The van der Waals surface area contributed by atoms with Crippen molar-refractivity contribution in [1.82, 2.24) is 9.80 Å². The van der Waals surface area contributed by atoms with Gasteiger partial charge in [-0.15, -0.1) is 0 Å². The average molecular weight is 264 g/mol. The minimum Gasteiger partial charge on any atom is -0.393 e. The van der Waals surface area contributed by atoms with Crippen LogP contribution in [0.4, 0.5) is 0 Å². The van der Waals surface area contributed by atoms with Crippen molar-refractivity contribution >= 4 is 5.78 Å². The summed E-state index contributed by atoms with van der Waals surface area (Å²) in [5, 5.41) is 9.93. The fourth-order valence-electron chi connectivity index (χ4n) is 5.03.